The van der Waals surface area contributed by atoms with E-state index < -0.39 is 0 Å². The van der Waals surface area contributed by atoms with Gasteiger partial charge in [-0.1, -0.05) is 78.9 Å². The van der Waals surface area contributed by atoms with Gasteiger partial charge in [0.1, 0.15) is 16.9 Å². The van der Waals surface area contributed by atoms with Crippen LogP contribution in [0.4, 0.5) is 17.1 Å². The molecule has 0 atom stereocenters. The minimum absolute atomic E-state index is 0.679. The summed E-state index contributed by atoms with van der Waals surface area (Å²) in [6.07, 6.45) is 7.84. The average Bonchev–Trinajstić information content (AvgIpc) is 3.73. The van der Waals surface area contributed by atoms with E-state index in [1.165, 1.54) is 21.9 Å². The molecule has 3 aromatic heterocycles. The number of hydrogen-bond donors (Lipinski definition) is 1. The highest BCUT2D eigenvalue weighted by Crippen LogP contribution is 2.42. The molecule has 6 aromatic carbocycles. The van der Waals surface area contributed by atoms with Crippen LogP contribution in [0.15, 0.2) is 161 Å². The third-order valence-electron chi connectivity index (χ3n) is 9.57. The lowest BCUT2D eigenvalue weighted by Gasteiger charge is -2.26. The Morgan fingerprint density at radius 3 is 2.31 bits per heavy atom. The number of nitrogens with zero attached hydrogens (tertiary/aromatic N) is 2. The number of benzene rings is 6. The maximum Gasteiger partial charge on any atom is 0.154 e. The molecular weight excluding hydrogens is 603 g/mol. The zero-order valence-corrected chi connectivity index (χ0v) is 26.4. The first-order valence-electron chi connectivity index (χ1n) is 16.5. The van der Waals surface area contributed by atoms with Gasteiger partial charge in [-0.2, -0.15) is 0 Å². The van der Waals surface area contributed by atoms with Gasteiger partial charge in [-0.3, -0.25) is 4.98 Å². The van der Waals surface area contributed by atoms with Crippen LogP contribution in [0, 0.1) is 0 Å². The molecule has 0 bridgehead atoms. The molecule has 49 heavy (non-hydrogen) atoms. The summed E-state index contributed by atoms with van der Waals surface area (Å²) in [6.45, 7) is 0.679. The fourth-order valence-electron chi connectivity index (χ4n) is 7.24. The van der Waals surface area contributed by atoms with Gasteiger partial charge >= 0.3 is 0 Å². The molecule has 0 saturated heterocycles. The summed E-state index contributed by atoms with van der Waals surface area (Å²) >= 11 is 0. The zero-order chi connectivity index (χ0) is 32.3. The highest BCUT2D eigenvalue weighted by atomic mass is 16.3. The molecule has 0 radical (unpaired) electrons. The Balaban J connectivity index is 1.17. The van der Waals surface area contributed by atoms with Crippen molar-refractivity contribution in [2.24, 2.45) is 0 Å². The van der Waals surface area contributed by atoms with Crippen molar-refractivity contribution in [1.29, 1.82) is 0 Å². The standard InChI is InChI=1S/C44H29N3O2/c1-2-7-28(8-3-1)30-14-13-29-15-16-34(23-32(29)21-30)47(35-17-18-41-38(24-35)36-19-20-45-26-42(36)48-41)33-10-6-9-31(22-33)39-25-46-27-43-44(39)37-11-4-5-12-40(37)49-43/h1-25,27,45H,26H2. The van der Waals surface area contributed by atoms with Gasteiger partial charge in [-0.05, 0) is 94.3 Å². The Morgan fingerprint density at radius 1 is 0.551 bits per heavy atom. The summed E-state index contributed by atoms with van der Waals surface area (Å²) in [4.78, 5) is 6.92. The molecule has 9 aromatic rings. The van der Waals surface area contributed by atoms with Gasteiger partial charge in [-0.15, -0.1) is 0 Å². The van der Waals surface area contributed by atoms with E-state index in [2.05, 4.69) is 143 Å². The van der Waals surface area contributed by atoms with Gasteiger partial charge in [-0.25, -0.2) is 0 Å². The zero-order valence-electron chi connectivity index (χ0n) is 26.4. The molecule has 0 spiro atoms. The maximum atomic E-state index is 6.25. The molecule has 0 amide bonds. The van der Waals surface area contributed by atoms with E-state index in [1.807, 2.05) is 24.5 Å². The molecule has 1 aliphatic heterocycles. The monoisotopic (exact) mass is 631 g/mol. The summed E-state index contributed by atoms with van der Waals surface area (Å²) < 4.78 is 12.4. The predicted octanol–water partition coefficient (Wildman–Crippen LogP) is 11.8. The number of rotatable bonds is 5. The van der Waals surface area contributed by atoms with E-state index in [9.17, 15) is 0 Å². The van der Waals surface area contributed by atoms with E-state index in [-0.39, 0.29) is 0 Å². The Labute approximate surface area is 282 Å². The summed E-state index contributed by atoms with van der Waals surface area (Å²) in [7, 11) is 0. The molecule has 232 valence electrons. The lowest BCUT2D eigenvalue weighted by atomic mass is 9.99. The number of fused-ring (bicyclic) bond motifs is 7. The van der Waals surface area contributed by atoms with Crippen LogP contribution >= 0.6 is 0 Å². The third-order valence-corrected chi connectivity index (χ3v) is 9.57. The second-order valence-electron chi connectivity index (χ2n) is 12.5. The van der Waals surface area contributed by atoms with Gasteiger partial charge in [0, 0.05) is 50.5 Å². The first-order chi connectivity index (χ1) is 24.3. The Bertz CT molecular complexity index is 2740. The second kappa shape index (κ2) is 11.0. The van der Waals surface area contributed by atoms with E-state index in [1.54, 1.807) is 6.20 Å². The van der Waals surface area contributed by atoms with Crippen LogP contribution < -0.4 is 10.2 Å². The van der Waals surface area contributed by atoms with Crippen LogP contribution in [0.3, 0.4) is 0 Å². The Kier molecular flexibility index (Phi) is 6.18. The van der Waals surface area contributed by atoms with Gasteiger partial charge in [0.25, 0.3) is 0 Å². The minimum Gasteiger partial charge on any atom is -0.459 e. The molecule has 5 nitrogen and oxygen atoms in total. The molecule has 5 heteroatoms. The van der Waals surface area contributed by atoms with Gasteiger partial charge in [0.2, 0.25) is 0 Å². The predicted molar refractivity (Wildman–Crippen MR) is 200 cm³/mol. The van der Waals surface area contributed by atoms with Crippen LogP contribution in [0.2, 0.25) is 0 Å². The highest BCUT2D eigenvalue weighted by Gasteiger charge is 2.20. The van der Waals surface area contributed by atoms with Crippen molar-refractivity contribution in [2.45, 2.75) is 6.54 Å². The van der Waals surface area contributed by atoms with Gasteiger partial charge < -0.3 is 19.1 Å². The second-order valence-corrected chi connectivity index (χ2v) is 12.5. The van der Waals surface area contributed by atoms with E-state index >= 15 is 0 Å². The number of anilines is 3. The average molecular weight is 632 g/mol. The highest BCUT2D eigenvalue weighted by molar-refractivity contribution is 6.12. The Hall–Kier alpha value is -6.59. The van der Waals surface area contributed by atoms with Crippen LogP contribution in [-0.4, -0.2) is 4.98 Å². The van der Waals surface area contributed by atoms with Crippen LogP contribution in [0.25, 0.3) is 72.0 Å². The van der Waals surface area contributed by atoms with Crippen molar-refractivity contribution in [3.05, 3.63) is 163 Å². The van der Waals surface area contributed by atoms with E-state index in [4.69, 9.17) is 8.83 Å². The molecule has 1 aliphatic rings. The summed E-state index contributed by atoms with van der Waals surface area (Å²) in [5, 5.41) is 8.89. The lowest BCUT2D eigenvalue weighted by Crippen LogP contribution is -2.10. The molecular formula is C44H29N3O2. The number of pyridine rings is 1. The molecule has 0 unspecified atom stereocenters. The molecule has 0 fully saturated rings. The molecule has 1 N–H and O–H groups in total. The number of hydrogen-bond acceptors (Lipinski definition) is 5. The van der Waals surface area contributed by atoms with Crippen LogP contribution in [0.5, 0.6) is 0 Å². The van der Waals surface area contributed by atoms with Crippen molar-refractivity contribution in [3.63, 3.8) is 0 Å². The number of furan rings is 2. The lowest BCUT2D eigenvalue weighted by molar-refractivity contribution is 0.532. The first kappa shape index (κ1) is 27.5. The summed E-state index contributed by atoms with van der Waals surface area (Å²) in [5.41, 5.74) is 11.3. The van der Waals surface area contributed by atoms with Crippen molar-refractivity contribution >= 4 is 66.8 Å². The van der Waals surface area contributed by atoms with E-state index in [0.717, 1.165) is 72.4 Å². The van der Waals surface area contributed by atoms with Crippen LogP contribution in [0.1, 0.15) is 11.3 Å². The minimum atomic E-state index is 0.679. The van der Waals surface area contributed by atoms with Crippen molar-refractivity contribution < 1.29 is 8.83 Å². The molecule has 10 rings (SSSR count). The molecule has 4 heterocycles. The third kappa shape index (κ3) is 4.59. The topological polar surface area (TPSA) is 54.4 Å². The van der Waals surface area contributed by atoms with E-state index in [0.29, 0.717) is 6.54 Å². The SMILES string of the molecule is C1=Cc2c(oc3ccc(N(c4cccc(-c5cncc6oc7ccccc7c56)c4)c4ccc5ccc(-c6ccccc6)cc5c4)cc23)CN1. The summed E-state index contributed by atoms with van der Waals surface area (Å²) in [5.74, 6) is 0.954. The van der Waals surface area contributed by atoms with Crippen molar-refractivity contribution in [2.75, 3.05) is 4.90 Å². The van der Waals surface area contributed by atoms with Crippen molar-refractivity contribution in [1.82, 2.24) is 10.3 Å². The normalized spacial score (nSPS) is 12.5. The number of aromatic nitrogens is 1. The Morgan fingerprint density at radius 2 is 1.35 bits per heavy atom. The first-order valence-corrected chi connectivity index (χ1v) is 16.5. The summed E-state index contributed by atoms with van der Waals surface area (Å²) in [6, 6.07) is 47.3. The quantitative estimate of drug-likeness (QED) is 0.205. The number of nitrogens with one attached hydrogen (secondary N) is 1. The van der Waals surface area contributed by atoms with Crippen LogP contribution in [-0.2, 0) is 6.54 Å². The number of para-hydroxylation sites is 1. The molecule has 0 aliphatic carbocycles. The maximum absolute atomic E-state index is 6.25. The van der Waals surface area contributed by atoms with Gasteiger partial charge in [0.05, 0.1) is 12.7 Å². The fourth-order valence-corrected chi connectivity index (χ4v) is 7.24. The smallest absolute Gasteiger partial charge is 0.154 e. The van der Waals surface area contributed by atoms with Gasteiger partial charge in [0.15, 0.2) is 5.58 Å². The largest absolute Gasteiger partial charge is 0.459 e. The molecule has 0 saturated carbocycles. The fraction of sp³-hybridized carbons (Fsp3) is 0.0227. The van der Waals surface area contributed by atoms with Crippen molar-refractivity contribution in [3.8, 4) is 22.3 Å².